The molecule has 3 rings (SSSR count). The smallest absolute Gasteiger partial charge is 0.272 e. The van der Waals surface area contributed by atoms with E-state index in [1.807, 2.05) is 32.9 Å². The number of carbonyl (C=O) groups excluding carboxylic acids is 1. The van der Waals surface area contributed by atoms with E-state index in [-0.39, 0.29) is 12.0 Å². The number of hydrogen-bond donors (Lipinski definition) is 1. The number of carbonyl (C=O) groups is 1. The van der Waals surface area contributed by atoms with Crippen LogP contribution in [0.1, 0.15) is 44.6 Å². The largest absolute Gasteiger partial charge is 0.474 e. The Kier molecular flexibility index (Phi) is 5.69. The quantitative estimate of drug-likeness (QED) is 0.689. The van der Waals surface area contributed by atoms with Crippen LogP contribution in [-0.4, -0.2) is 50.2 Å². The minimum Gasteiger partial charge on any atom is -0.474 e. The normalized spacial score (nSPS) is 11.1. The number of fused-ring (bicyclic) bond motifs is 1. The minimum absolute atomic E-state index is 0.00687. The number of nitrogens with zero attached hydrogens (tertiary/aromatic N) is 4. The first-order valence-corrected chi connectivity index (χ1v) is 9.30. The van der Waals surface area contributed by atoms with Gasteiger partial charge in [-0.1, -0.05) is 6.92 Å². The van der Waals surface area contributed by atoms with Crippen LogP contribution in [0, 0.1) is 0 Å². The van der Waals surface area contributed by atoms with Crippen molar-refractivity contribution in [2.75, 3.05) is 13.1 Å². The van der Waals surface area contributed by atoms with E-state index >= 15 is 0 Å². The Morgan fingerprint density at radius 3 is 2.70 bits per heavy atom. The van der Waals surface area contributed by atoms with Crippen LogP contribution in [0.15, 0.2) is 30.6 Å². The van der Waals surface area contributed by atoms with Crippen LogP contribution in [0.3, 0.4) is 0 Å². The molecule has 0 aliphatic rings. The van der Waals surface area contributed by atoms with E-state index in [0.717, 1.165) is 22.9 Å². The maximum Gasteiger partial charge on any atom is 0.272 e. The summed E-state index contributed by atoms with van der Waals surface area (Å²) in [6, 6.07) is 5.48. The lowest BCUT2D eigenvalue weighted by Crippen LogP contribution is -2.32. The Morgan fingerprint density at radius 2 is 2.00 bits per heavy atom. The molecule has 7 heteroatoms. The number of rotatable bonds is 7. The molecule has 1 amide bonds. The molecule has 0 saturated carbocycles. The molecule has 0 atom stereocenters. The van der Waals surface area contributed by atoms with E-state index in [4.69, 9.17) is 4.74 Å². The first kappa shape index (κ1) is 18.8. The Hall–Kier alpha value is -2.96. The molecule has 0 aromatic carbocycles. The van der Waals surface area contributed by atoms with Crippen molar-refractivity contribution in [2.45, 2.75) is 40.2 Å². The van der Waals surface area contributed by atoms with Crippen molar-refractivity contribution in [2.24, 2.45) is 0 Å². The van der Waals surface area contributed by atoms with Crippen LogP contribution in [0.5, 0.6) is 5.88 Å². The van der Waals surface area contributed by atoms with Crippen LogP contribution in [-0.2, 0) is 0 Å². The lowest BCUT2D eigenvalue weighted by atomic mass is 10.1. The summed E-state index contributed by atoms with van der Waals surface area (Å²) in [6.45, 7) is 9.30. The summed E-state index contributed by atoms with van der Waals surface area (Å²) in [6.07, 6.45) is 4.23. The summed E-state index contributed by atoms with van der Waals surface area (Å²) in [5.74, 6) is 0.454. The number of aromatic nitrogens is 4. The van der Waals surface area contributed by atoms with Crippen molar-refractivity contribution in [1.82, 2.24) is 25.1 Å². The SMILES string of the molecule is CCCN(CC)C(=O)c1cc(-c2n[nH]c3ccnc(OC(C)C)c23)ccn1. The van der Waals surface area contributed by atoms with Crippen LogP contribution in [0.2, 0.25) is 0 Å². The predicted octanol–water partition coefficient (Wildman–Crippen LogP) is 3.68. The zero-order valence-electron chi connectivity index (χ0n) is 16.2. The van der Waals surface area contributed by atoms with E-state index in [9.17, 15) is 4.79 Å². The molecule has 7 nitrogen and oxygen atoms in total. The fourth-order valence-electron chi connectivity index (χ4n) is 2.99. The van der Waals surface area contributed by atoms with Crippen LogP contribution < -0.4 is 4.74 Å². The fourth-order valence-corrected chi connectivity index (χ4v) is 2.99. The molecule has 0 aliphatic heterocycles. The van der Waals surface area contributed by atoms with E-state index in [1.165, 1.54) is 0 Å². The molecular weight excluding hydrogens is 342 g/mol. The maximum atomic E-state index is 12.8. The summed E-state index contributed by atoms with van der Waals surface area (Å²) >= 11 is 0. The molecule has 3 heterocycles. The van der Waals surface area contributed by atoms with Gasteiger partial charge >= 0.3 is 0 Å². The van der Waals surface area contributed by atoms with Gasteiger partial charge in [0.15, 0.2) is 0 Å². The average molecular weight is 367 g/mol. The van der Waals surface area contributed by atoms with Crippen molar-refractivity contribution < 1.29 is 9.53 Å². The highest BCUT2D eigenvalue weighted by Gasteiger charge is 2.19. The molecule has 27 heavy (non-hydrogen) atoms. The monoisotopic (exact) mass is 367 g/mol. The van der Waals surface area contributed by atoms with Crippen molar-refractivity contribution in [3.05, 3.63) is 36.3 Å². The highest BCUT2D eigenvalue weighted by atomic mass is 16.5. The minimum atomic E-state index is -0.0715. The second kappa shape index (κ2) is 8.16. The molecule has 0 saturated heterocycles. The van der Waals surface area contributed by atoms with Crippen molar-refractivity contribution in [1.29, 1.82) is 0 Å². The van der Waals surface area contributed by atoms with Gasteiger partial charge < -0.3 is 9.64 Å². The highest BCUT2D eigenvalue weighted by molar-refractivity contribution is 5.98. The molecule has 0 unspecified atom stereocenters. The predicted molar refractivity (Wildman–Crippen MR) is 105 cm³/mol. The van der Waals surface area contributed by atoms with E-state index in [0.29, 0.717) is 30.4 Å². The van der Waals surface area contributed by atoms with Crippen LogP contribution in [0.25, 0.3) is 22.2 Å². The third-order valence-electron chi connectivity index (χ3n) is 4.20. The molecule has 1 N–H and O–H groups in total. The number of nitrogens with one attached hydrogen (secondary N) is 1. The maximum absolute atomic E-state index is 12.8. The Balaban J connectivity index is 2.04. The lowest BCUT2D eigenvalue weighted by Gasteiger charge is -2.19. The second-order valence-electron chi connectivity index (χ2n) is 6.59. The van der Waals surface area contributed by atoms with Gasteiger partial charge in [0.25, 0.3) is 5.91 Å². The molecule has 0 bridgehead atoms. The molecule has 0 spiro atoms. The number of ether oxygens (including phenoxy) is 1. The van der Waals surface area contributed by atoms with Gasteiger partial charge in [0.1, 0.15) is 11.4 Å². The second-order valence-corrected chi connectivity index (χ2v) is 6.59. The Labute approximate surface area is 158 Å². The first-order chi connectivity index (χ1) is 13.0. The third kappa shape index (κ3) is 3.92. The van der Waals surface area contributed by atoms with E-state index in [1.54, 1.807) is 23.4 Å². The molecule has 0 aliphatic carbocycles. The van der Waals surface area contributed by atoms with Crippen molar-refractivity contribution in [3.8, 4) is 17.1 Å². The van der Waals surface area contributed by atoms with Gasteiger partial charge in [-0.25, -0.2) is 4.98 Å². The lowest BCUT2D eigenvalue weighted by molar-refractivity contribution is 0.0758. The van der Waals surface area contributed by atoms with Gasteiger partial charge in [0.2, 0.25) is 5.88 Å². The van der Waals surface area contributed by atoms with E-state index < -0.39 is 0 Å². The third-order valence-corrected chi connectivity index (χ3v) is 4.20. The topological polar surface area (TPSA) is 84.0 Å². The van der Waals surface area contributed by atoms with Crippen LogP contribution in [0.4, 0.5) is 0 Å². The van der Waals surface area contributed by atoms with Crippen molar-refractivity contribution >= 4 is 16.8 Å². The van der Waals surface area contributed by atoms with Gasteiger partial charge in [-0.2, -0.15) is 5.10 Å². The van der Waals surface area contributed by atoms with Gasteiger partial charge in [-0.3, -0.25) is 14.9 Å². The number of hydrogen-bond acceptors (Lipinski definition) is 5. The molecule has 0 radical (unpaired) electrons. The molecule has 142 valence electrons. The number of aromatic amines is 1. The zero-order valence-corrected chi connectivity index (χ0v) is 16.2. The van der Waals surface area contributed by atoms with Gasteiger partial charge in [0, 0.05) is 31.0 Å². The van der Waals surface area contributed by atoms with Gasteiger partial charge in [-0.15, -0.1) is 0 Å². The van der Waals surface area contributed by atoms with Gasteiger partial charge in [0.05, 0.1) is 17.0 Å². The van der Waals surface area contributed by atoms with E-state index in [2.05, 4.69) is 27.1 Å². The van der Waals surface area contributed by atoms with Gasteiger partial charge in [-0.05, 0) is 45.4 Å². The molecule has 0 fully saturated rings. The molecular formula is C20H25N5O2. The first-order valence-electron chi connectivity index (χ1n) is 9.30. The summed E-state index contributed by atoms with van der Waals surface area (Å²) in [5, 5.41) is 8.26. The molecule has 3 aromatic heterocycles. The number of pyridine rings is 2. The number of H-pyrrole nitrogens is 1. The van der Waals surface area contributed by atoms with Crippen molar-refractivity contribution in [3.63, 3.8) is 0 Å². The highest BCUT2D eigenvalue weighted by Crippen LogP contribution is 2.32. The Bertz CT molecular complexity index is 935. The summed E-state index contributed by atoms with van der Waals surface area (Å²) in [5.41, 5.74) is 2.74. The zero-order chi connectivity index (χ0) is 19.4. The van der Waals surface area contributed by atoms with Crippen LogP contribution >= 0.6 is 0 Å². The molecule has 3 aromatic rings. The summed E-state index contributed by atoms with van der Waals surface area (Å²) < 4.78 is 5.85. The number of amides is 1. The average Bonchev–Trinajstić information content (AvgIpc) is 3.10. The Morgan fingerprint density at radius 1 is 1.22 bits per heavy atom. The standard InChI is InChI=1S/C20H25N5O2/c1-5-11-25(6-2)20(26)16-12-14(7-9-21-16)18-17-15(23-24-18)8-10-22-19(17)27-13(3)4/h7-10,12-13H,5-6,11H2,1-4H3,(H,23,24). The summed E-state index contributed by atoms with van der Waals surface area (Å²) in [4.78, 5) is 23.2. The fraction of sp³-hybridized carbons (Fsp3) is 0.400. The summed E-state index contributed by atoms with van der Waals surface area (Å²) in [7, 11) is 0.